The molecule has 1 aliphatic rings. The molecule has 0 atom stereocenters. The van der Waals surface area contributed by atoms with E-state index in [1.54, 1.807) is 11.8 Å². The Labute approximate surface area is 127 Å². The third kappa shape index (κ3) is 2.60. The fraction of sp³-hybridized carbons (Fsp3) is 0. The maximum atomic E-state index is 11.2. The Morgan fingerprint density at radius 3 is 2.24 bits per heavy atom. The Hall–Kier alpha value is -2.39. The number of benzene rings is 2. The predicted octanol–water partition coefficient (Wildman–Crippen LogP) is 3.98. The van der Waals surface area contributed by atoms with E-state index in [1.165, 1.54) is 0 Å². The lowest BCUT2D eigenvalue weighted by Gasteiger charge is -2.19. The average Bonchev–Trinajstić information content (AvgIpc) is 2.56. The molecule has 3 heteroatoms. The van der Waals surface area contributed by atoms with Crippen LogP contribution in [0.4, 0.5) is 0 Å². The van der Waals surface area contributed by atoms with E-state index in [4.69, 9.17) is 0 Å². The van der Waals surface area contributed by atoms with E-state index in [1.807, 2.05) is 60.7 Å². The van der Waals surface area contributed by atoms with Gasteiger partial charge in [-0.05, 0) is 28.8 Å². The van der Waals surface area contributed by atoms with Gasteiger partial charge in [-0.1, -0.05) is 60.3 Å². The largest absolute Gasteiger partial charge is 0.298 e. The van der Waals surface area contributed by atoms with Crippen molar-refractivity contribution in [3.8, 4) is 0 Å². The molecule has 0 unspecified atom stereocenters. The number of allylic oxidation sites excluding steroid dienone is 3. The van der Waals surface area contributed by atoms with Crippen LogP contribution in [0.15, 0.2) is 71.1 Å². The van der Waals surface area contributed by atoms with Crippen molar-refractivity contribution in [3.05, 3.63) is 77.4 Å². The molecule has 1 heterocycles. The summed E-state index contributed by atoms with van der Waals surface area (Å²) in [6, 6.07) is 17.8. The first-order chi connectivity index (χ1) is 10.3. The molecule has 102 valence electrons. The summed E-state index contributed by atoms with van der Waals surface area (Å²) in [4.78, 5) is 24.4. The minimum atomic E-state index is 0.177. The molecule has 0 fully saturated rings. The minimum absolute atomic E-state index is 0.177. The Morgan fingerprint density at radius 1 is 0.857 bits per heavy atom. The number of carbonyl (C=O) groups is 2. The summed E-state index contributed by atoms with van der Waals surface area (Å²) >= 11 is 1.65. The lowest BCUT2D eigenvalue weighted by Crippen LogP contribution is -1.99. The molecule has 2 aromatic rings. The number of hydrogen-bond acceptors (Lipinski definition) is 3. The van der Waals surface area contributed by atoms with Crippen LogP contribution in [0.2, 0.25) is 0 Å². The molecule has 1 aliphatic heterocycles. The van der Waals surface area contributed by atoms with Crippen LogP contribution in [-0.2, 0) is 9.59 Å². The minimum Gasteiger partial charge on any atom is -0.298 e. The van der Waals surface area contributed by atoms with Crippen molar-refractivity contribution in [1.29, 1.82) is 0 Å². The van der Waals surface area contributed by atoms with Crippen molar-refractivity contribution in [2.45, 2.75) is 4.90 Å². The van der Waals surface area contributed by atoms with Gasteiger partial charge in [-0.3, -0.25) is 9.59 Å². The number of rotatable bonds is 3. The maximum absolute atomic E-state index is 11.2. The molecular formula is C18H12O2S. The zero-order chi connectivity index (χ0) is 14.7. The fourth-order valence-corrected chi connectivity index (χ4v) is 3.38. The second-order valence-electron chi connectivity index (χ2n) is 4.58. The van der Waals surface area contributed by atoms with Gasteiger partial charge in [0.15, 0.2) is 12.6 Å². The predicted molar refractivity (Wildman–Crippen MR) is 85.8 cm³/mol. The lowest BCUT2D eigenvalue weighted by molar-refractivity contribution is -0.109. The third-order valence-electron chi connectivity index (χ3n) is 3.30. The molecule has 0 spiro atoms. The Bertz CT molecular complexity index is 748. The summed E-state index contributed by atoms with van der Waals surface area (Å²) in [6.45, 7) is 0. The Balaban J connectivity index is 2.21. The molecular weight excluding hydrogens is 280 g/mol. The quantitative estimate of drug-likeness (QED) is 0.371. The van der Waals surface area contributed by atoms with Gasteiger partial charge in [0.25, 0.3) is 0 Å². The van der Waals surface area contributed by atoms with Crippen LogP contribution in [0.25, 0.3) is 10.5 Å². The van der Waals surface area contributed by atoms with E-state index < -0.39 is 0 Å². The van der Waals surface area contributed by atoms with Gasteiger partial charge in [-0.25, -0.2) is 0 Å². The van der Waals surface area contributed by atoms with Gasteiger partial charge < -0.3 is 0 Å². The van der Waals surface area contributed by atoms with E-state index >= 15 is 0 Å². The van der Waals surface area contributed by atoms with Gasteiger partial charge in [0, 0.05) is 9.80 Å². The van der Waals surface area contributed by atoms with Crippen molar-refractivity contribution in [3.63, 3.8) is 0 Å². The highest BCUT2D eigenvalue weighted by molar-refractivity contribution is 8.08. The van der Waals surface area contributed by atoms with Crippen molar-refractivity contribution >= 4 is 34.8 Å². The van der Waals surface area contributed by atoms with Gasteiger partial charge in [0.2, 0.25) is 0 Å². The average molecular weight is 292 g/mol. The van der Waals surface area contributed by atoms with Crippen LogP contribution >= 0.6 is 11.8 Å². The molecule has 0 bridgehead atoms. The highest BCUT2D eigenvalue weighted by atomic mass is 32.2. The lowest BCUT2D eigenvalue weighted by atomic mass is 9.99. The van der Waals surface area contributed by atoms with E-state index in [-0.39, 0.29) is 5.57 Å². The first kappa shape index (κ1) is 13.6. The Morgan fingerprint density at radius 2 is 1.52 bits per heavy atom. The second-order valence-corrected chi connectivity index (χ2v) is 5.66. The highest BCUT2D eigenvalue weighted by Gasteiger charge is 2.19. The number of fused-ring (bicyclic) bond motifs is 1. The molecule has 0 aliphatic carbocycles. The fourth-order valence-electron chi connectivity index (χ4n) is 2.27. The van der Waals surface area contributed by atoms with Crippen LogP contribution in [-0.4, -0.2) is 12.6 Å². The van der Waals surface area contributed by atoms with E-state index in [0.29, 0.717) is 18.1 Å². The van der Waals surface area contributed by atoms with Crippen LogP contribution < -0.4 is 0 Å². The monoisotopic (exact) mass is 292 g/mol. The van der Waals surface area contributed by atoms with Gasteiger partial charge in [-0.2, -0.15) is 0 Å². The zero-order valence-electron chi connectivity index (χ0n) is 11.2. The smallest absolute Gasteiger partial charge is 0.153 e. The van der Waals surface area contributed by atoms with E-state index in [9.17, 15) is 9.59 Å². The molecule has 0 aromatic heterocycles. The molecule has 2 nitrogen and oxygen atoms in total. The zero-order valence-corrected chi connectivity index (χ0v) is 12.0. The summed E-state index contributed by atoms with van der Waals surface area (Å²) in [5.41, 5.74) is 2.87. The molecule has 21 heavy (non-hydrogen) atoms. The highest BCUT2D eigenvalue weighted by Crippen LogP contribution is 2.44. The van der Waals surface area contributed by atoms with Crippen LogP contribution in [0, 0.1) is 0 Å². The van der Waals surface area contributed by atoms with Gasteiger partial charge in [-0.15, -0.1) is 0 Å². The molecule has 3 rings (SSSR count). The van der Waals surface area contributed by atoms with Crippen LogP contribution in [0.3, 0.4) is 0 Å². The summed E-state index contributed by atoms with van der Waals surface area (Å²) < 4.78 is 0. The number of aldehydes is 2. The number of thioether (sulfide) groups is 1. The van der Waals surface area contributed by atoms with Crippen molar-refractivity contribution < 1.29 is 9.59 Å². The molecule has 0 amide bonds. The molecule has 0 N–H and O–H groups in total. The van der Waals surface area contributed by atoms with Gasteiger partial charge >= 0.3 is 0 Å². The summed E-state index contributed by atoms with van der Waals surface area (Å²) in [5, 5.41) is 0. The SMILES string of the molecule is O=CC(C=O)=C1C=C(c2ccccc2)Sc2ccccc21. The number of hydrogen-bond donors (Lipinski definition) is 0. The van der Waals surface area contributed by atoms with E-state index in [0.717, 1.165) is 20.9 Å². The Kier molecular flexibility index (Phi) is 3.84. The first-order valence-electron chi connectivity index (χ1n) is 6.52. The summed E-state index contributed by atoms with van der Waals surface area (Å²) in [7, 11) is 0. The third-order valence-corrected chi connectivity index (χ3v) is 4.45. The van der Waals surface area contributed by atoms with Gasteiger partial charge in [0.05, 0.1) is 5.57 Å². The topological polar surface area (TPSA) is 34.1 Å². The molecule has 2 aromatic carbocycles. The molecule has 0 saturated heterocycles. The van der Waals surface area contributed by atoms with Crippen molar-refractivity contribution in [2.75, 3.05) is 0 Å². The standard InChI is InChI=1S/C18H12O2S/c19-11-14(12-20)16-10-18(13-6-2-1-3-7-13)21-17-9-5-4-8-15(16)17/h1-12H. The molecule has 0 saturated carbocycles. The van der Waals surface area contributed by atoms with Crippen LogP contribution in [0.1, 0.15) is 11.1 Å². The second kappa shape index (κ2) is 5.94. The number of carbonyl (C=O) groups excluding carboxylic acids is 2. The van der Waals surface area contributed by atoms with Crippen molar-refractivity contribution in [2.24, 2.45) is 0 Å². The molecule has 0 radical (unpaired) electrons. The maximum Gasteiger partial charge on any atom is 0.153 e. The summed E-state index contributed by atoms with van der Waals surface area (Å²) in [5.74, 6) is 0. The normalized spacial score (nSPS) is 13.1. The van der Waals surface area contributed by atoms with E-state index in [2.05, 4.69) is 0 Å². The summed E-state index contributed by atoms with van der Waals surface area (Å²) in [6.07, 6.45) is 3.16. The van der Waals surface area contributed by atoms with Crippen LogP contribution in [0.5, 0.6) is 0 Å². The van der Waals surface area contributed by atoms with Crippen molar-refractivity contribution in [1.82, 2.24) is 0 Å². The van der Waals surface area contributed by atoms with Gasteiger partial charge in [0.1, 0.15) is 0 Å². The first-order valence-corrected chi connectivity index (χ1v) is 7.34.